The summed E-state index contributed by atoms with van der Waals surface area (Å²) in [5.74, 6) is 1.01. The van der Waals surface area contributed by atoms with E-state index in [1.807, 2.05) is 0 Å². The first-order valence-corrected chi connectivity index (χ1v) is 4.27. The van der Waals surface area contributed by atoms with Gasteiger partial charge in [-0.15, -0.1) is 0 Å². The first-order valence-electron chi connectivity index (χ1n) is 4.27. The normalized spacial score (nSPS) is 19.7. The molecular formula is C9H17. The lowest BCUT2D eigenvalue weighted by Crippen LogP contribution is -2.10. The van der Waals surface area contributed by atoms with Crippen LogP contribution in [-0.2, 0) is 0 Å². The Hall–Kier alpha value is 0. The Kier molecular flexibility index (Phi) is 3.10. The summed E-state index contributed by atoms with van der Waals surface area (Å²) in [5.41, 5.74) is 0. The molecule has 9 heavy (non-hydrogen) atoms. The lowest BCUT2D eigenvalue weighted by Gasteiger charge is -2.24. The van der Waals surface area contributed by atoms with Crippen molar-refractivity contribution in [3.63, 3.8) is 0 Å². The molecule has 0 unspecified atom stereocenters. The Morgan fingerprint density at radius 2 is 2.22 bits per heavy atom. The summed E-state index contributed by atoms with van der Waals surface area (Å²) in [6, 6.07) is 0. The molecule has 0 saturated heterocycles. The van der Waals surface area contributed by atoms with Crippen molar-refractivity contribution in [3.8, 4) is 0 Å². The zero-order valence-corrected chi connectivity index (χ0v) is 6.40. The average molecular weight is 125 g/mol. The summed E-state index contributed by atoms with van der Waals surface area (Å²) in [6.07, 6.45) is 11.1. The number of hydrogen-bond acceptors (Lipinski definition) is 0. The minimum Gasteiger partial charge on any atom is -0.0654 e. The average Bonchev–Trinajstić information content (AvgIpc) is 1.76. The smallest absolute Gasteiger partial charge is 0.0355 e. The molecule has 0 heterocycles. The third-order valence-corrected chi connectivity index (χ3v) is 2.21. The van der Waals surface area contributed by atoms with Crippen LogP contribution in [0.2, 0.25) is 0 Å². The molecule has 0 nitrogen and oxygen atoms in total. The molecule has 1 aliphatic carbocycles. The molecule has 1 fully saturated rings. The summed E-state index contributed by atoms with van der Waals surface area (Å²) in [6.45, 7) is 2.26. The minimum atomic E-state index is 1.01. The molecule has 0 atom stereocenters. The molecule has 0 bridgehead atoms. The minimum absolute atomic E-state index is 1.01. The Morgan fingerprint density at radius 3 is 2.67 bits per heavy atom. The Morgan fingerprint density at radius 1 is 1.44 bits per heavy atom. The van der Waals surface area contributed by atoms with Crippen LogP contribution in [0.1, 0.15) is 45.4 Å². The van der Waals surface area contributed by atoms with Crippen molar-refractivity contribution in [2.45, 2.75) is 45.4 Å². The molecule has 53 valence electrons. The van der Waals surface area contributed by atoms with Gasteiger partial charge in [0.05, 0.1) is 0 Å². The molecule has 1 rings (SSSR count). The van der Waals surface area contributed by atoms with E-state index in [1.54, 1.807) is 0 Å². The van der Waals surface area contributed by atoms with Crippen molar-refractivity contribution in [2.75, 3.05) is 0 Å². The topological polar surface area (TPSA) is 0 Å². The van der Waals surface area contributed by atoms with Crippen molar-refractivity contribution < 1.29 is 0 Å². The van der Waals surface area contributed by atoms with Gasteiger partial charge in [0.15, 0.2) is 0 Å². The Labute approximate surface area is 58.7 Å². The lowest BCUT2D eigenvalue weighted by molar-refractivity contribution is 0.351. The Bertz CT molecular complexity index is 62.4. The van der Waals surface area contributed by atoms with Crippen molar-refractivity contribution in [1.29, 1.82) is 0 Å². The van der Waals surface area contributed by atoms with Gasteiger partial charge in [0.2, 0.25) is 0 Å². The summed E-state index contributed by atoms with van der Waals surface area (Å²) in [7, 11) is 0. The van der Waals surface area contributed by atoms with E-state index in [0.29, 0.717) is 0 Å². The zero-order valence-electron chi connectivity index (χ0n) is 6.40. The van der Waals surface area contributed by atoms with Crippen LogP contribution in [0.4, 0.5) is 0 Å². The molecule has 0 aromatic heterocycles. The van der Waals surface area contributed by atoms with E-state index in [-0.39, 0.29) is 0 Å². The van der Waals surface area contributed by atoms with Crippen LogP contribution < -0.4 is 0 Å². The second-order valence-corrected chi connectivity index (χ2v) is 3.07. The van der Waals surface area contributed by atoms with E-state index < -0.39 is 0 Å². The van der Waals surface area contributed by atoms with Crippen LogP contribution >= 0.6 is 0 Å². The van der Waals surface area contributed by atoms with Crippen LogP contribution in [0, 0.1) is 12.3 Å². The molecule has 0 spiro atoms. The molecular weight excluding hydrogens is 108 g/mol. The molecule has 1 aliphatic rings. The van der Waals surface area contributed by atoms with Gasteiger partial charge < -0.3 is 0 Å². The maximum Gasteiger partial charge on any atom is -0.0355 e. The summed E-state index contributed by atoms with van der Waals surface area (Å²) >= 11 is 0. The van der Waals surface area contributed by atoms with Crippen LogP contribution in [0.15, 0.2) is 0 Å². The number of unbranched alkanes of at least 4 members (excludes halogenated alkanes) is 2. The van der Waals surface area contributed by atoms with Crippen LogP contribution in [0.25, 0.3) is 0 Å². The van der Waals surface area contributed by atoms with Gasteiger partial charge in [-0.1, -0.05) is 39.0 Å². The van der Waals surface area contributed by atoms with Gasteiger partial charge >= 0.3 is 0 Å². The second-order valence-electron chi connectivity index (χ2n) is 3.07. The van der Waals surface area contributed by atoms with Crippen LogP contribution in [-0.4, -0.2) is 0 Å². The highest BCUT2D eigenvalue weighted by molar-refractivity contribution is 4.82. The summed E-state index contributed by atoms with van der Waals surface area (Å²) in [4.78, 5) is 0. The first kappa shape index (κ1) is 7.11. The lowest BCUT2D eigenvalue weighted by atomic mass is 9.82. The maximum absolute atomic E-state index is 2.52. The van der Waals surface area contributed by atoms with Gasteiger partial charge in [0, 0.05) is 0 Å². The van der Waals surface area contributed by atoms with Gasteiger partial charge in [-0.05, 0) is 18.8 Å². The van der Waals surface area contributed by atoms with E-state index in [2.05, 4.69) is 13.3 Å². The molecule has 0 aliphatic heterocycles. The fraction of sp³-hybridized carbons (Fsp3) is 0.889. The van der Waals surface area contributed by atoms with Crippen LogP contribution in [0.3, 0.4) is 0 Å². The van der Waals surface area contributed by atoms with Gasteiger partial charge in [0.1, 0.15) is 0 Å². The molecule has 1 radical (unpaired) electrons. The van der Waals surface area contributed by atoms with Crippen molar-refractivity contribution >= 4 is 0 Å². The van der Waals surface area contributed by atoms with Gasteiger partial charge in [-0.3, -0.25) is 0 Å². The largest absolute Gasteiger partial charge is 0.0654 e. The Balaban J connectivity index is 1.80. The summed E-state index contributed by atoms with van der Waals surface area (Å²) < 4.78 is 0. The monoisotopic (exact) mass is 125 g/mol. The SMILES string of the molecule is CCCC[CH]C1CCC1. The third kappa shape index (κ3) is 2.38. The zero-order chi connectivity index (χ0) is 6.53. The van der Waals surface area contributed by atoms with Gasteiger partial charge in [0.25, 0.3) is 0 Å². The fourth-order valence-corrected chi connectivity index (χ4v) is 1.23. The van der Waals surface area contributed by atoms with Crippen LogP contribution in [0.5, 0.6) is 0 Å². The predicted octanol–water partition coefficient (Wildman–Crippen LogP) is 3.18. The number of rotatable bonds is 4. The maximum atomic E-state index is 2.52. The molecule has 0 N–H and O–H groups in total. The van der Waals surface area contributed by atoms with E-state index in [4.69, 9.17) is 0 Å². The summed E-state index contributed by atoms with van der Waals surface area (Å²) in [5, 5.41) is 0. The molecule has 0 aromatic carbocycles. The van der Waals surface area contributed by atoms with E-state index in [1.165, 1.54) is 38.5 Å². The highest BCUT2D eigenvalue weighted by atomic mass is 14.2. The van der Waals surface area contributed by atoms with E-state index >= 15 is 0 Å². The highest BCUT2D eigenvalue weighted by Gasteiger charge is 2.15. The number of hydrogen-bond donors (Lipinski definition) is 0. The molecule has 1 saturated carbocycles. The fourth-order valence-electron chi connectivity index (χ4n) is 1.23. The molecule has 0 aromatic rings. The second kappa shape index (κ2) is 3.92. The van der Waals surface area contributed by atoms with E-state index in [0.717, 1.165) is 5.92 Å². The molecule has 0 amide bonds. The molecule has 0 heteroatoms. The van der Waals surface area contributed by atoms with Crippen molar-refractivity contribution in [2.24, 2.45) is 5.92 Å². The van der Waals surface area contributed by atoms with Crippen molar-refractivity contribution in [1.82, 2.24) is 0 Å². The van der Waals surface area contributed by atoms with Gasteiger partial charge in [-0.25, -0.2) is 0 Å². The van der Waals surface area contributed by atoms with Gasteiger partial charge in [-0.2, -0.15) is 0 Å². The van der Waals surface area contributed by atoms with E-state index in [9.17, 15) is 0 Å². The highest BCUT2D eigenvalue weighted by Crippen LogP contribution is 2.30. The predicted molar refractivity (Wildman–Crippen MR) is 41.2 cm³/mol. The first-order chi connectivity index (χ1) is 4.43. The quantitative estimate of drug-likeness (QED) is 0.506. The third-order valence-electron chi connectivity index (χ3n) is 2.21. The standard InChI is InChI=1S/C9H17/c1-2-3-4-6-9-7-5-8-9/h6,9H,2-5,7-8H2,1H3. The van der Waals surface area contributed by atoms with Crippen molar-refractivity contribution in [3.05, 3.63) is 6.42 Å².